The van der Waals surface area contributed by atoms with Crippen LogP contribution in [0.4, 0.5) is 0 Å². The highest BCUT2D eigenvalue weighted by atomic mass is 32.2. The molecule has 0 saturated carbocycles. The van der Waals surface area contributed by atoms with Gasteiger partial charge in [0, 0.05) is 6.42 Å². The molecule has 2 aromatic carbocycles. The van der Waals surface area contributed by atoms with Crippen LogP contribution >= 0.6 is 0 Å². The van der Waals surface area contributed by atoms with E-state index >= 15 is 0 Å². The third-order valence-electron chi connectivity index (χ3n) is 4.60. The summed E-state index contributed by atoms with van der Waals surface area (Å²) in [5.41, 5.74) is 1.87. The van der Waals surface area contributed by atoms with Gasteiger partial charge in [0.25, 0.3) is 5.91 Å². The maximum absolute atomic E-state index is 12.5. The molecule has 1 aliphatic heterocycles. The van der Waals surface area contributed by atoms with Crippen molar-refractivity contribution in [2.45, 2.75) is 30.3 Å². The van der Waals surface area contributed by atoms with Gasteiger partial charge in [-0.05, 0) is 23.3 Å². The monoisotopic (exact) mass is 388 g/mol. The van der Waals surface area contributed by atoms with Crippen molar-refractivity contribution >= 4 is 21.8 Å². The Morgan fingerprint density at radius 2 is 1.67 bits per heavy atom. The molecule has 1 atom stereocenters. The maximum atomic E-state index is 12.5. The summed E-state index contributed by atoms with van der Waals surface area (Å²) in [7, 11) is -3.69. The zero-order valence-electron chi connectivity index (χ0n) is 14.7. The molecule has 0 aromatic heterocycles. The first kappa shape index (κ1) is 19.2. The molecule has 8 heteroatoms. The van der Waals surface area contributed by atoms with Gasteiger partial charge in [0.15, 0.2) is 6.04 Å². The highest BCUT2D eigenvalue weighted by Crippen LogP contribution is 2.15. The van der Waals surface area contributed by atoms with Crippen molar-refractivity contribution in [1.29, 1.82) is 0 Å². The predicted octanol–water partition coefficient (Wildman–Crippen LogP) is -0.232. The molecule has 0 radical (unpaired) electrons. The van der Waals surface area contributed by atoms with Crippen molar-refractivity contribution in [3.8, 4) is 0 Å². The van der Waals surface area contributed by atoms with Crippen LogP contribution in [0, 0.1) is 0 Å². The normalized spacial score (nSPS) is 17.5. The molecule has 142 valence electrons. The molecule has 1 fully saturated rings. The van der Waals surface area contributed by atoms with Crippen LogP contribution in [-0.4, -0.2) is 37.7 Å². The van der Waals surface area contributed by atoms with Gasteiger partial charge < -0.3 is 5.32 Å². The molecule has 3 rings (SSSR count). The quantitative estimate of drug-likeness (QED) is 0.638. The van der Waals surface area contributed by atoms with Crippen molar-refractivity contribution in [3.63, 3.8) is 0 Å². The summed E-state index contributed by atoms with van der Waals surface area (Å²) >= 11 is 0. The number of rotatable bonds is 7. The average Bonchev–Trinajstić information content (AvgIpc) is 2.90. The minimum atomic E-state index is -3.69. The second-order valence-corrected chi connectivity index (χ2v) is 8.14. The van der Waals surface area contributed by atoms with Gasteiger partial charge >= 0.3 is 0 Å². The van der Waals surface area contributed by atoms with Crippen LogP contribution in [0.5, 0.6) is 0 Å². The molecule has 2 aromatic rings. The number of nitrogens with two attached hydrogens (primary N) is 2. The summed E-state index contributed by atoms with van der Waals surface area (Å²) in [6.07, 6.45) is 0.859. The number of carbonyl (C=O) groups excluding carboxylic acids is 2. The van der Waals surface area contributed by atoms with Gasteiger partial charge in [-0.25, -0.2) is 13.6 Å². The molecule has 27 heavy (non-hydrogen) atoms. The Balaban J connectivity index is 1.53. The number of benzene rings is 2. The number of sulfonamides is 1. The Morgan fingerprint density at radius 3 is 2.30 bits per heavy atom. The SMILES string of the molecule is NS(=O)(=O)c1ccc(CC[NH2+][C@@H]2CC(=O)N(Cc3ccccc3)C2=O)cc1. The smallest absolute Gasteiger partial charge is 0.288 e. The van der Waals surface area contributed by atoms with Gasteiger partial charge in [-0.15, -0.1) is 0 Å². The Hall–Kier alpha value is -2.55. The third-order valence-corrected chi connectivity index (χ3v) is 5.53. The van der Waals surface area contributed by atoms with E-state index in [-0.39, 0.29) is 23.1 Å². The van der Waals surface area contributed by atoms with E-state index < -0.39 is 16.1 Å². The van der Waals surface area contributed by atoms with E-state index in [2.05, 4.69) is 0 Å². The van der Waals surface area contributed by atoms with E-state index in [4.69, 9.17) is 5.14 Å². The summed E-state index contributed by atoms with van der Waals surface area (Å²) in [4.78, 5) is 26.1. The van der Waals surface area contributed by atoms with Crippen LogP contribution < -0.4 is 10.5 Å². The van der Waals surface area contributed by atoms with Gasteiger partial charge in [-0.1, -0.05) is 42.5 Å². The number of quaternary nitrogens is 1. The molecule has 0 aliphatic carbocycles. The number of carbonyl (C=O) groups is 2. The van der Waals surface area contributed by atoms with E-state index in [1.54, 1.807) is 12.1 Å². The third kappa shape index (κ3) is 4.79. The van der Waals surface area contributed by atoms with E-state index in [0.717, 1.165) is 11.1 Å². The molecular weight excluding hydrogens is 366 g/mol. The molecule has 1 aliphatic rings. The van der Waals surface area contributed by atoms with E-state index in [1.165, 1.54) is 17.0 Å². The van der Waals surface area contributed by atoms with E-state index in [9.17, 15) is 18.0 Å². The molecule has 4 N–H and O–H groups in total. The molecule has 7 nitrogen and oxygen atoms in total. The highest BCUT2D eigenvalue weighted by molar-refractivity contribution is 7.89. The second kappa shape index (κ2) is 7.99. The van der Waals surface area contributed by atoms with Crippen molar-refractivity contribution < 1.29 is 23.3 Å². The van der Waals surface area contributed by atoms with Crippen molar-refractivity contribution in [3.05, 3.63) is 65.7 Å². The van der Waals surface area contributed by atoms with Crippen molar-refractivity contribution in [1.82, 2.24) is 4.90 Å². The van der Waals surface area contributed by atoms with Crippen LogP contribution in [0.25, 0.3) is 0 Å². The lowest BCUT2D eigenvalue weighted by atomic mass is 10.1. The standard InChI is InChI=1S/C19H21N3O4S/c20-27(25,26)16-8-6-14(7-9-16)10-11-21-17-12-18(23)22(19(17)24)13-15-4-2-1-3-5-15/h1-9,17,21H,10-13H2,(H2,20,25,26)/p+1/t17-/m1/s1. The number of hydrogen-bond donors (Lipinski definition) is 2. The molecular formula is C19H22N3O4S+. The maximum Gasteiger partial charge on any atom is 0.288 e. The minimum absolute atomic E-state index is 0.0725. The topological polar surface area (TPSA) is 114 Å². The van der Waals surface area contributed by atoms with E-state index in [0.29, 0.717) is 19.5 Å². The number of likely N-dealkylation sites (tertiary alicyclic amines) is 1. The summed E-state index contributed by atoms with van der Waals surface area (Å²) in [5, 5.41) is 6.95. The molecule has 0 spiro atoms. The van der Waals surface area contributed by atoms with Crippen molar-refractivity contribution in [2.75, 3.05) is 6.54 Å². The van der Waals surface area contributed by atoms with Crippen LogP contribution in [0.1, 0.15) is 17.5 Å². The van der Waals surface area contributed by atoms with Crippen molar-refractivity contribution in [2.24, 2.45) is 5.14 Å². The van der Waals surface area contributed by atoms with Crippen LogP contribution in [-0.2, 0) is 32.6 Å². The molecule has 1 saturated heterocycles. The minimum Gasteiger partial charge on any atom is -0.335 e. The van der Waals surface area contributed by atoms with Gasteiger partial charge in [-0.3, -0.25) is 14.5 Å². The average molecular weight is 388 g/mol. The molecule has 1 heterocycles. The number of primary sulfonamides is 1. The molecule has 0 unspecified atom stereocenters. The van der Waals surface area contributed by atoms with Crippen LogP contribution in [0.2, 0.25) is 0 Å². The molecule has 2 amide bonds. The van der Waals surface area contributed by atoms with Crippen LogP contribution in [0.3, 0.4) is 0 Å². The Kier molecular flexibility index (Phi) is 5.69. The summed E-state index contributed by atoms with van der Waals surface area (Å²) in [6, 6.07) is 15.4. The fourth-order valence-corrected chi connectivity index (χ4v) is 3.64. The van der Waals surface area contributed by atoms with Gasteiger partial charge in [-0.2, -0.15) is 0 Å². The van der Waals surface area contributed by atoms with E-state index in [1.807, 2.05) is 35.6 Å². The lowest BCUT2D eigenvalue weighted by Gasteiger charge is -2.14. The van der Waals surface area contributed by atoms with Gasteiger partial charge in [0.1, 0.15) is 0 Å². The van der Waals surface area contributed by atoms with Gasteiger partial charge in [0.2, 0.25) is 15.9 Å². The first-order valence-electron chi connectivity index (χ1n) is 8.68. The lowest BCUT2D eigenvalue weighted by Crippen LogP contribution is -2.91. The lowest BCUT2D eigenvalue weighted by molar-refractivity contribution is -0.674. The van der Waals surface area contributed by atoms with Crippen LogP contribution in [0.15, 0.2) is 59.5 Å². The number of nitrogens with zero attached hydrogens (tertiary/aromatic N) is 1. The fraction of sp³-hybridized carbons (Fsp3) is 0.263. The summed E-state index contributed by atoms with van der Waals surface area (Å²) in [6.45, 7) is 0.926. The Morgan fingerprint density at radius 1 is 1.00 bits per heavy atom. The zero-order chi connectivity index (χ0) is 19.4. The first-order chi connectivity index (χ1) is 12.8. The summed E-state index contributed by atoms with van der Waals surface area (Å²) in [5.74, 6) is -0.309. The molecule has 0 bridgehead atoms. The number of amides is 2. The first-order valence-corrected chi connectivity index (χ1v) is 10.2. The fourth-order valence-electron chi connectivity index (χ4n) is 3.12. The Labute approximate surface area is 158 Å². The van der Waals surface area contributed by atoms with Gasteiger partial charge in [0.05, 0.1) is 24.4 Å². The summed E-state index contributed by atoms with van der Waals surface area (Å²) < 4.78 is 22.5. The predicted molar refractivity (Wildman–Crippen MR) is 98.7 cm³/mol. The largest absolute Gasteiger partial charge is 0.335 e. The zero-order valence-corrected chi connectivity index (χ0v) is 15.6. The second-order valence-electron chi connectivity index (χ2n) is 6.58. The number of imide groups is 1. The number of hydrogen-bond acceptors (Lipinski definition) is 4. The Bertz CT molecular complexity index is 927. The highest BCUT2D eigenvalue weighted by Gasteiger charge is 2.40.